The number of nitrogens with zero attached hydrogens (tertiary/aromatic N) is 1. The van der Waals surface area contributed by atoms with Crippen LogP contribution in [0.2, 0.25) is 0 Å². The fraction of sp³-hybridized carbons (Fsp3) is 0.350. The number of ether oxygens (including phenoxy) is 1. The standard InChI is InChI=1S/C20H23BrN2O3/c1-14-3-2-4-15(11-14)18(23-7-9-26-10-8-23)13-22-20(25)17-6-5-16(21)12-19(17)24/h2-6,11-12,18,24H,7-10,13H2,1H3,(H,22,25). The van der Waals surface area contributed by atoms with Crippen molar-refractivity contribution < 1.29 is 14.6 Å². The van der Waals surface area contributed by atoms with E-state index in [1.165, 1.54) is 17.2 Å². The molecule has 2 aromatic rings. The highest BCUT2D eigenvalue weighted by Gasteiger charge is 2.24. The van der Waals surface area contributed by atoms with E-state index in [-0.39, 0.29) is 23.3 Å². The Labute approximate surface area is 162 Å². The quantitative estimate of drug-likeness (QED) is 0.781. The van der Waals surface area contributed by atoms with E-state index in [1.807, 2.05) is 6.07 Å². The molecule has 2 N–H and O–H groups in total. The van der Waals surface area contributed by atoms with E-state index in [2.05, 4.69) is 51.3 Å². The molecular formula is C20H23BrN2O3. The molecular weight excluding hydrogens is 396 g/mol. The number of halogens is 1. The number of aryl methyl sites for hydroxylation is 1. The molecule has 1 aliphatic heterocycles. The van der Waals surface area contributed by atoms with Crippen LogP contribution in [0.3, 0.4) is 0 Å². The fourth-order valence-corrected chi connectivity index (χ4v) is 3.55. The fourth-order valence-electron chi connectivity index (χ4n) is 3.21. The number of phenols is 1. The molecule has 5 nitrogen and oxygen atoms in total. The monoisotopic (exact) mass is 418 g/mol. The van der Waals surface area contributed by atoms with Crippen LogP contribution in [0, 0.1) is 6.92 Å². The van der Waals surface area contributed by atoms with Gasteiger partial charge in [0.1, 0.15) is 5.75 Å². The predicted molar refractivity (Wildman–Crippen MR) is 104 cm³/mol. The van der Waals surface area contributed by atoms with E-state index in [9.17, 15) is 9.90 Å². The number of morpholine rings is 1. The Bertz CT molecular complexity index is 775. The van der Waals surface area contributed by atoms with Crippen molar-refractivity contribution in [2.45, 2.75) is 13.0 Å². The number of carbonyl (C=O) groups is 1. The number of carbonyl (C=O) groups excluding carboxylic acids is 1. The molecule has 1 fully saturated rings. The average Bonchev–Trinajstić information content (AvgIpc) is 2.63. The van der Waals surface area contributed by atoms with Crippen molar-refractivity contribution in [3.63, 3.8) is 0 Å². The minimum Gasteiger partial charge on any atom is -0.507 e. The van der Waals surface area contributed by atoms with Gasteiger partial charge in [-0.3, -0.25) is 9.69 Å². The molecule has 0 aliphatic carbocycles. The Morgan fingerprint density at radius 1 is 1.27 bits per heavy atom. The molecule has 1 unspecified atom stereocenters. The van der Waals surface area contributed by atoms with E-state index in [0.717, 1.165) is 17.6 Å². The van der Waals surface area contributed by atoms with Crippen molar-refractivity contribution in [1.82, 2.24) is 10.2 Å². The van der Waals surface area contributed by atoms with Crippen LogP contribution in [-0.2, 0) is 4.74 Å². The predicted octanol–water partition coefficient (Wildman–Crippen LogP) is 3.27. The topological polar surface area (TPSA) is 61.8 Å². The smallest absolute Gasteiger partial charge is 0.255 e. The van der Waals surface area contributed by atoms with Crippen LogP contribution in [0.15, 0.2) is 46.9 Å². The lowest BCUT2D eigenvalue weighted by Gasteiger charge is -2.35. The van der Waals surface area contributed by atoms with Crippen LogP contribution in [0.4, 0.5) is 0 Å². The van der Waals surface area contributed by atoms with Crippen molar-refractivity contribution in [2.24, 2.45) is 0 Å². The third-order valence-corrected chi connectivity index (χ3v) is 5.07. The Balaban J connectivity index is 1.76. The minimum absolute atomic E-state index is 0.0321. The third kappa shape index (κ3) is 4.63. The largest absolute Gasteiger partial charge is 0.507 e. The number of hydrogen-bond donors (Lipinski definition) is 2. The maximum Gasteiger partial charge on any atom is 0.255 e. The number of hydrogen-bond acceptors (Lipinski definition) is 4. The molecule has 2 aromatic carbocycles. The van der Waals surface area contributed by atoms with Crippen LogP contribution < -0.4 is 5.32 Å². The molecule has 0 spiro atoms. The van der Waals surface area contributed by atoms with Gasteiger partial charge >= 0.3 is 0 Å². The number of aromatic hydroxyl groups is 1. The van der Waals surface area contributed by atoms with Crippen molar-refractivity contribution in [2.75, 3.05) is 32.8 Å². The van der Waals surface area contributed by atoms with Crippen LogP contribution in [0.5, 0.6) is 5.75 Å². The normalized spacial score (nSPS) is 16.2. The molecule has 0 aromatic heterocycles. The molecule has 1 amide bonds. The molecule has 26 heavy (non-hydrogen) atoms. The van der Waals surface area contributed by atoms with Crippen molar-refractivity contribution in [3.8, 4) is 5.75 Å². The highest BCUT2D eigenvalue weighted by molar-refractivity contribution is 9.10. The summed E-state index contributed by atoms with van der Waals surface area (Å²) in [5.74, 6) is -0.309. The summed E-state index contributed by atoms with van der Waals surface area (Å²) in [7, 11) is 0. The van der Waals surface area contributed by atoms with Crippen molar-refractivity contribution >= 4 is 21.8 Å². The highest BCUT2D eigenvalue weighted by Crippen LogP contribution is 2.24. The van der Waals surface area contributed by atoms with Crippen molar-refractivity contribution in [3.05, 3.63) is 63.6 Å². The first kappa shape index (κ1) is 18.9. The number of phenolic OH excluding ortho intramolecular Hbond substituents is 1. The van der Waals surface area contributed by atoms with Gasteiger partial charge in [-0.05, 0) is 30.7 Å². The van der Waals surface area contributed by atoms with Gasteiger partial charge in [-0.15, -0.1) is 0 Å². The zero-order valence-corrected chi connectivity index (χ0v) is 16.3. The van der Waals surface area contributed by atoms with Gasteiger partial charge in [-0.2, -0.15) is 0 Å². The van der Waals surface area contributed by atoms with E-state index >= 15 is 0 Å². The van der Waals surface area contributed by atoms with Gasteiger partial charge in [0.25, 0.3) is 5.91 Å². The van der Waals surface area contributed by atoms with Crippen LogP contribution in [0.1, 0.15) is 27.5 Å². The molecule has 138 valence electrons. The van der Waals surface area contributed by atoms with Gasteiger partial charge in [0.15, 0.2) is 0 Å². The molecule has 1 saturated heterocycles. The number of rotatable bonds is 5. The second-order valence-electron chi connectivity index (χ2n) is 6.45. The molecule has 0 bridgehead atoms. The molecule has 6 heteroatoms. The molecule has 1 atom stereocenters. The Kier molecular flexibility index (Phi) is 6.29. The lowest BCUT2D eigenvalue weighted by molar-refractivity contribution is 0.0162. The van der Waals surface area contributed by atoms with Gasteiger partial charge in [0.2, 0.25) is 0 Å². The van der Waals surface area contributed by atoms with Crippen LogP contribution in [0.25, 0.3) is 0 Å². The second kappa shape index (κ2) is 8.66. The number of amides is 1. The number of benzene rings is 2. The first-order chi connectivity index (χ1) is 12.5. The Morgan fingerprint density at radius 3 is 2.73 bits per heavy atom. The van der Waals surface area contributed by atoms with Crippen molar-refractivity contribution in [1.29, 1.82) is 0 Å². The average molecular weight is 419 g/mol. The first-order valence-electron chi connectivity index (χ1n) is 8.69. The lowest BCUT2D eigenvalue weighted by atomic mass is 10.0. The minimum atomic E-state index is -0.277. The Hall–Kier alpha value is -1.89. The first-order valence-corrected chi connectivity index (χ1v) is 9.49. The summed E-state index contributed by atoms with van der Waals surface area (Å²) in [5, 5.41) is 13.0. The zero-order valence-electron chi connectivity index (χ0n) is 14.7. The van der Waals surface area contributed by atoms with E-state index in [0.29, 0.717) is 19.8 Å². The maximum atomic E-state index is 12.5. The van der Waals surface area contributed by atoms with E-state index < -0.39 is 0 Å². The summed E-state index contributed by atoms with van der Waals surface area (Å²) in [5.41, 5.74) is 2.64. The van der Waals surface area contributed by atoms with Gasteiger partial charge < -0.3 is 15.2 Å². The molecule has 1 heterocycles. The molecule has 1 aliphatic rings. The Morgan fingerprint density at radius 2 is 2.04 bits per heavy atom. The van der Waals surface area contributed by atoms with Crippen LogP contribution >= 0.6 is 15.9 Å². The van der Waals surface area contributed by atoms with Crippen LogP contribution in [-0.4, -0.2) is 48.8 Å². The van der Waals surface area contributed by atoms with Gasteiger partial charge in [-0.25, -0.2) is 0 Å². The molecule has 3 rings (SSSR count). The van der Waals surface area contributed by atoms with Gasteiger partial charge in [0, 0.05) is 24.1 Å². The van der Waals surface area contributed by atoms with E-state index in [1.54, 1.807) is 12.1 Å². The second-order valence-corrected chi connectivity index (χ2v) is 7.37. The summed E-state index contributed by atoms with van der Waals surface area (Å²) in [6.07, 6.45) is 0. The maximum absolute atomic E-state index is 12.5. The summed E-state index contributed by atoms with van der Waals surface area (Å²) < 4.78 is 6.20. The summed E-state index contributed by atoms with van der Waals surface area (Å²) in [4.78, 5) is 14.9. The summed E-state index contributed by atoms with van der Waals surface area (Å²) >= 11 is 3.29. The molecule has 0 radical (unpaired) electrons. The summed E-state index contributed by atoms with van der Waals surface area (Å²) in [6.45, 7) is 5.60. The zero-order chi connectivity index (χ0) is 18.5. The van der Waals surface area contributed by atoms with Gasteiger partial charge in [0.05, 0.1) is 24.8 Å². The van der Waals surface area contributed by atoms with E-state index in [4.69, 9.17) is 4.74 Å². The lowest BCUT2D eigenvalue weighted by Crippen LogP contribution is -2.43. The highest BCUT2D eigenvalue weighted by atomic mass is 79.9. The SMILES string of the molecule is Cc1cccc(C(CNC(=O)c2ccc(Br)cc2O)N2CCOCC2)c1. The number of nitrogens with one attached hydrogen (secondary N) is 1. The van der Waals surface area contributed by atoms with Gasteiger partial charge in [-0.1, -0.05) is 45.8 Å². The molecule has 0 saturated carbocycles. The summed E-state index contributed by atoms with van der Waals surface area (Å²) in [6, 6.07) is 13.3. The third-order valence-electron chi connectivity index (χ3n) is 4.57.